The van der Waals surface area contributed by atoms with Gasteiger partial charge in [0.25, 0.3) is 0 Å². The second-order valence-electron chi connectivity index (χ2n) is 4.52. The molecule has 6 heteroatoms. The van der Waals surface area contributed by atoms with Crippen LogP contribution >= 0.6 is 22.9 Å². The van der Waals surface area contributed by atoms with Crippen molar-refractivity contribution in [2.45, 2.75) is 25.9 Å². The van der Waals surface area contributed by atoms with Crippen LogP contribution in [0.2, 0.25) is 5.02 Å². The van der Waals surface area contributed by atoms with Crippen molar-refractivity contribution in [3.8, 4) is 11.5 Å². The predicted molar refractivity (Wildman–Crippen MR) is 79.6 cm³/mol. The van der Waals surface area contributed by atoms with E-state index in [1.807, 2.05) is 23.7 Å². The molecule has 0 aliphatic carbocycles. The highest BCUT2D eigenvalue weighted by atomic mass is 35.5. The first kappa shape index (κ1) is 13.7. The number of aromatic nitrogens is 1. The number of rotatable bonds is 5. The van der Waals surface area contributed by atoms with Crippen molar-refractivity contribution >= 4 is 22.9 Å². The molecule has 3 rings (SSSR count). The number of benzene rings is 1. The predicted octanol–water partition coefficient (Wildman–Crippen LogP) is 3.77. The highest BCUT2D eigenvalue weighted by Crippen LogP contribution is 2.39. The summed E-state index contributed by atoms with van der Waals surface area (Å²) in [5.41, 5.74) is 1.08. The molecule has 0 fully saturated rings. The summed E-state index contributed by atoms with van der Waals surface area (Å²) in [5.74, 6) is 1.36. The van der Waals surface area contributed by atoms with Crippen LogP contribution < -0.4 is 14.8 Å². The average molecular weight is 311 g/mol. The number of nitrogens with zero attached hydrogens (tertiary/aromatic N) is 1. The number of hydrogen-bond donors (Lipinski definition) is 1. The zero-order valence-corrected chi connectivity index (χ0v) is 12.6. The molecular weight excluding hydrogens is 296 g/mol. The van der Waals surface area contributed by atoms with E-state index < -0.39 is 0 Å². The maximum atomic E-state index is 6.18. The van der Waals surface area contributed by atoms with Crippen LogP contribution in [0.25, 0.3) is 0 Å². The van der Waals surface area contributed by atoms with Gasteiger partial charge in [0.2, 0.25) is 6.79 Å². The molecule has 1 unspecified atom stereocenters. The minimum Gasteiger partial charge on any atom is -0.454 e. The van der Waals surface area contributed by atoms with E-state index in [2.05, 4.69) is 17.2 Å². The van der Waals surface area contributed by atoms with E-state index in [9.17, 15) is 0 Å². The Morgan fingerprint density at radius 1 is 1.45 bits per heavy atom. The normalized spacial score (nSPS) is 14.5. The summed E-state index contributed by atoms with van der Waals surface area (Å²) >= 11 is 7.85. The van der Waals surface area contributed by atoms with Gasteiger partial charge in [0.1, 0.15) is 5.01 Å². The monoisotopic (exact) mass is 310 g/mol. The third-order valence-electron chi connectivity index (χ3n) is 3.20. The maximum absolute atomic E-state index is 6.18. The molecule has 1 atom stereocenters. The lowest BCUT2D eigenvalue weighted by atomic mass is 10.1. The molecule has 2 heterocycles. The first-order valence-corrected chi connectivity index (χ1v) is 7.74. The van der Waals surface area contributed by atoms with Crippen LogP contribution in [0.5, 0.6) is 11.5 Å². The molecule has 1 N–H and O–H groups in total. The fourth-order valence-electron chi connectivity index (χ4n) is 2.18. The Bertz CT molecular complexity index is 589. The molecule has 2 aromatic rings. The molecule has 0 saturated heterocycles. The Kier molecular flexibility index (Phi) is 4.10. The standard InChI is InChI=1S/C14H15ClN2O2S/c1-2-11(14-16-3-4-20-14)17-7-9-5-10(15)13-12(6-9)18-8-19-13/h3-6,11,17H,2,7-8H2,1H3. The SMILES string of the molecule is CCC(NCc1cc(Cl)c2c(c1)OCO2)c1nccs1. The van der Waals surface area contributed by atoms with Crippen molar-refractivity contribution < 1.29 is 9.47 Å². The van der Waals surface area contributed by atoms with Crippen molar-refractivity contribution in [2.24, 2.45) is 0 Å². The summed E-state index contributed by atoms with van der Waals surface area (Å²) in [6.45, 7) is 3.10. The number of halogens is 1. The Labute approximate surface area is 126 Å². The minimum absolute atomic E-state index is 0.239. The molecule has 1 aromatic heterocycles. The van der Waals surface area contributed by atoms with Gasteiger partial charge in [-0.05, 0) is 24.1 Å². The molecule has 0 amide bonds. The summed E-state index contributed by atoms with van der Waals surface area (Å²) in [6, 6.07) is 4.14. The Morgan fingerprint density at radius 2 is 2.35 bits per heavy atom. The summed E-state index contributed by atoms with van der Waals surface area (Å²) < 4.78 is 10.7. The first-order valence-electron chi connectivity index (χ1n) is 6.48. The van der Waals surface area contributed by atoms with E-state index in [4.69, 9.17) is 21.1 Å². The van der Waals surface area contributed by atoms with Crippen LogP contribution in [0.15, 0.2) is 23.7 Å². The Morgan fingerprint density at radius 3 is 3.10 bits per heavy atom. The summed E-state index contributed by atoms with van der Waals surface area (Å²) in [7, 11) is 0. The molecule has 0 bridgehead atoms. The summed E-state index contributed by atoms with van der Waals surface area (Å²) in [6.07, 6.45) is 2.83. The second kappa shape index (κ2) is 5.99. The second-order valence-corrected chi connectivity index (χ2v) is 5.86. The van der Waals surface area contributed by atoms with Gasteiger partial charge in [0, 0.05) is 18.1 Å². The lowest BCUT2D eigenvalue weighted by molar-refractivity contribution is 0.174. The smallest absolute Gasteiger partial charge is 0.231 e. The van der Waals surface area contributed by atoms with E-state index in [1.165, 1.54) is 0 Å². The van der Waals surface area contributed by atoms with Crippen LogP contribution in [-0.2, 0) is 6.54 Å². The van der Waals surface area contributed by atoms with Gasteiger partial charge in [0.15, 0.2) is 11.5 Å². The van der Waals surface area contributed by atoms with E-state index in [0.29, 0.717) is 17.3 Å². The summed E-state index contributed by atoms with van der Waals surface area (Å²) in [5, 5.41) is 7.20. The fraction of sp³-hybridized carbons (Fsp3) is 0.357. The van der Waals surface area contributed by atoms with E-state index in [0.717, 1.165) is 22.7 Å². The van der Waals surface area contributed by atoms with Gasteiger partial charge in [-0.3, -0.25) is 0 Å². The van der Waals surface area contributed by atoms with Crippen LogP contribution in [0.4, 0.5) is 0 Å². The molecule has 4 nitrogen and oxygen atoms in total. The largest absolute Gasteiger partial charge is 0.454 e. The first-order chi connectivity index (χ1) is 9.78. The highest BCUT2D eigenvalue weighted by molar-refractivity contribution is 7.09. The third kappa shape index (κ3) is 2.75. The number of hydrogen-bond acceptors (Lipinski definition) is 5. The van der Waals surface area contributed by atoms with Gasteiger partial charge >= 0.3 is 0 Å². The lowest BCUT2D eigenvalue weighted by Gasteiger charge is -2.14. The van der Waals surface area contributed by atoms with Crippen LogP contribution in [0, 0.1) is 0 Å². The van der Waals surface area contributed by atoms with Crippen LogP contribution in [0.1, 0.15) is 30.0 Å². The van der Waals surface area contributed by atoms with Gasteiger partial charge in [-0.15, -0.1) is 11.3 Å². The Hall–Kier alpha value is -1.30. The number of ether oxygens (including phenoxy) is 2. The Balaban J connectivity index is 1.71. The topological polar surface area (TPSA) is 43.4 Å². The van der Waals surface area contributed by atoms with Gasteiger partial charge in [-0.2, -0.15) is 0 Å². The van der Waals surface area contributed by atoms with Gasteiger partial charge < -0.3 is 14.8 Å². The average Bonchev–Trinajstić information content (AvgIpc) is 3.10. The molecule has 0 spiro atoms. The molecule has 1 aliphatic heterocycles. The van der Waals surface area contributed by atoms with Crippen molar-refractivity contribution in [3.05, 3.63) is 39.3 Å². The van der Waals surface area contributed by atoms with Crippen LogP contribution in [-0.4, -0.2) is 11.8 Å². The van der Waals surface area contributed by atoms with Gasteiger partial charge in [-0.1, -0.05) is 18.5 Å². The van der Waals surface area contributed by atoms with Crippen molar-refractivity contribution in [2.75, 3.05) is 6.79 Å². The third-order valence-corrected chi connectivity index (χ3v) is 4.37. The van der Waals surface area contributed by atoms with Gasteiger partial charge in [-0.25, -0.2) is 4.98 Å². The van der Waals surface area contributed by atoms with Crippen molar-refractivity contribution in [3.63, 3.8) is 0 Å². The zero-order valence-electron chi connectivity index (χ0n) is 11.1. The summed E-state index contributed by atoms with van der Waals surface area (Å²) in [4.78, 5) is 4.36. The molecule has 0 radical (unpaired) electrons. The van der Waals surface area contributed by atoms with Gasteiger partial charge in [0.05, 0.1) is 11.1 Å². The lowest BCUT2D eigenvalue weighted by Crippen LogP contribution is -2.20. The van der Waals surface area contributed by atoms with Crippen molar-refractivity contribution in [1.29, 1.82) is 0 Å². The number of thiazole rings is 1. The van der Waals surface area contributed by atoms with E-state index in [1.54, 1.807) is 11.3 Å². The quantitative estimate of drug-likeness (QED) is 0.913. The number of fused-ring (bicyclic) bond motifs is 1. The molecular formula is C14H15ClN2O2S. The molecule has 20 heavy (non-hydrogen) atoms. The van der Waals surface area contributed by atoms with Crippen LogP contribution in [0.3, 0.4) is 0 Å². The van der Waals surface area contributed by atoms with Crippen molar-refractivity contribution in [1.82, 2.24) is 10.3 Å². The highest BCUT2D eigenvalue weighted by Gasteiger charge is 2.19. The molecule has 0 saturated carbocycles. The van der Waals surface area contributed by atoms with E-state index in [-0.39, 0.29) is 12.8 Å². The number of nitrogens with one attached hydrogen (secondary N) is 1. The zero-order chi connectivity index (χ0) is 13.9. The minimum atomic E-state index is 0.239. The molecule has 1 aliphatic rings. The molecule has 1 aromatic carbocycles. The molecule has 106 valence electrons. The maximum Gasteiger partial charge on any atom is 0.231 e. The fourth-order valence-corrected chi connectivity index (χ4v) is 3.26. The van der Waals surface area contributed by atoms with E-state index >= 15 is 0 Å².